The molecule has 0 aromatic heterocycles. The number of nitrogens with one attached hydrogen (secondary N) is 4. The number of carbonyl (C=O) groups is 10. The molecule has 0 bridgehead atoms. The van der Waals surface area contributed by atoms with Crippen molar-refractivity contribution in [3.8, 4) is 0 Å². The summed E-state index contributed by atoms with van der Waals surface area (Å²) in [5.74, 6) is -6.24. The lowest BCUT2D eigenvalue weighted by Gasteiger charge is -2.40. The second-order valence-electron chi connectivity index (χ2n) is 32.7. The molecule has 130 heavy (non-hydrogen) atoms. The summed E-state index contributed by atoms with van der Waals surface area (Å²) in [5, 5.41) is 101. The normalized spacial score (nSPS) is 24.9. The predicted molar refractivity (Wildman–Crippen MR) is 455 cm³/mol. The number of unbranched alkanes of at least 4 members (excludes halogenated alkanes) is 7. The van der Waals surface area contributed by atoms with Crippen molar-refractivity contribution >= 4 is 59.0 Å². The summed E-state index contributed by atoms with van der Waals surface area (Å²) in [7, 11) is 0. The molecular formula is C86H149N7O37. The monoisotopic (exact) mass is 1870 g/mol. The number of nitrogens with two attached hydrogens (primary N) is 1. The van der Waals surface area contributed by atoms with E-state index in [0.717, 1.165) is 94.1 Å². The van der Waals surface area contributed by atoms with Crippen LogP contribution in [0.25, 0.3) is 0 Å². The Balaban J connectivity index is 0.00000138. The molecule has 8 amide bonds. The van der Waals surface area contributed by atoms with Crippen LogP contribution >= 0.6 is 0 Å². The van der Waals surface area contributed by atoms with Gasteiger partial charge in [0.1, 0.15) is 42.4 Å². The Hall–Kier alpha value is -6.04. The minimum absolute atomic E-state index is 0.00308. The number of imide groups is 2. The number of nitrogens with zero attached hydrogens (tertiary/aromatic N) is 2. The van der Waals surface area contributed by atoms with Crippen molar-refractivity contribution in [3.05, 3.63) is 12.2 Å². The van der Waals surface area contributed by atoms with E-state index in [2.05, 4.69) is 26.1 Å². The first-order chi connectivity index (χ1) is 62.7. The first kappa shape index (κ1) is 114. The van der Waals surface area contributed by atoms with Gasteiger partial charge in [-0.3, -0.25) is 48.1 Å². The Labute approximate surface area is 760 Å². The highest BCUT2D eigenvalue weighted by molar-refractivity contribution is 6.13. The summed E-state index contributed by atoms with van der Waals surface area (Å²) >= 11 is 0. The quantitative estimate of drug-likeness (QED) is 0.0169. The second-order valence-corrected chi connectivity index (χ2v) is 32.7. The van der Waals surface area contributed by atoms with Crippen molar-refractivity contribution in [2.24, 2.45) is 28.9 Å². The van der Waals surface area contributed by atoms with Crippen LogP contribution in [0.4, 0.5) is 0 Å². The largest absolute Gasteiger partial charge is 0.394 e. The molecule has 4 saturated heterocycles. The van der Waals surface area contributed by atoms with Crippen molar-refractivity contribution in [3.63, 3.8) is 0 Å². The molecule has 5 fully saturated rings. The zero-order chi connectivity index (χ0) is 94.7. The molecule has 44 nitrogen and oxygen atoms in total. The number of ketones is 1. The third-order valence-electron chi connectivity index (χ3n) is 22.3. The van der Waals surface area contributed by atoms with E-state index >= 15 is 0 Å². The number of hydrogen-bond donors (Lipinski definition) is 14. The van der Waals surface area contributed by atoms with Gasteiger partial charge in [-0.2, -0.15) is 0 Å². The zero-order valence-electron chi connectivity index (χ0n) is 75.9. The Kier molecular flexibility index (Phi) is 59.2. The fourth-order valence-corrected chi connectivity index (χ4v) is 14.6. The van der Waals surface area contributed by atoms with E-state index in [-0.39, 0.29) is 246 Å². The Bertz CT molecular complexity index is 3000. The first-order valence-corrected chi connectivity index (χ1v) is 45.8. The minimum atomic E-state index is -1.23. The van der Waals surface area contributed by atoms with Gasteiger partial charge in [-0.15, -0.1) is 5.06 Å². The highest BCUT2D eigenvalue weighted by Crippen LogP contribution is 2.34. The summed E-state index contributed by atoms with van der Waals surface area (Å²) in [4.78, 5) is 127. The molecule has 750 valence electrons. The van der Waals surface area contributed by atoms with Crippen molar-refractivity contribution in [1.82, 2.24) is 31.2 Å². The van der Waals surface area contributed by atoms with Crippen LogP contribution in [0.5, 0.6) is 0 Å². The maximum Gasteiger partial charge on any atom is 0.335 e. The third kappa shape index (κ3) is 45.1. The first-order valence-electron chi connectivity index (χ1n) is 45.8. The minimum Gasteiger partial charge on any atom is -0.394 e. The number of hydrogen-bond acceptors (Lipinski definition) is 38. The topological polar surface area (TPSA) is 600 Å². The number of ether oxygens (including phenoxy) is 17. The predicted octanol–water partition coefficient (Wildman–Crippen LogP) is -2.55. The van der Waals surface area contributed by atoms with E-state index in [1.165, 1.54) is 0 Å². The molecule has 1 aliphatic carbocycles. The standard InChI is InChI=1S/C75H139N5O31.C11H10N2O6/c1-54-65(89)68(92)58(48-81)109-71(54)104-44-41-98-38-35-95-31-23-77-62(86)17-27-101-51-74(52-102-28-18-63(87)78-24-32-96-36-39-99-42-45-105-72-55(2)66(90)69(93)59(49-82)110-72,53-103-29-19-64(88)79-25-33-97-37-40-100-43-46-106-73-56(3)67(91)70(94)60(50-83)111-73)47-57(84)15-11-8-6-4-5-7-9-12-16-61(85)80-26-34-108-75(107-30-22-76)20-13-10-14-21-75;14-7-1-2-8(15)12(7)6-5-11(18)19-13-9(16)3-4-10(13)17/h54-56,58-60,65-73,81-83,89-94H,4-53,76H2,1-3H3,(H,77,86)(H,78,87)(H,79,88)(H,80,85);1-2H,3-6H2. The van der Waals surface area contributed by atoms with Gasteiger partial charge in [-0.05, 0) is 25.7 Å². The van der Waals surface area contributed by atoms with Gasteiger partial charge in [-0.25, -0.2) is 4.79 Å². The summed E-state index contributed by atoms with van der Waals surface area (Å²) in [6.07, 6.45) is 1.95. The van der Waals surface area contributed by atoms with Gasteiger partial charge in [0.15, 0.2) is 24.7 Å². The molecular weight excluding hydrogens is 1720 g/mol. The van der Waals surface area contributed by atoms with Gasteiger partial charge in [0, 0.05) is 139 Å². The molecule has 5 aliphatic heterocycles. The third-order valence-corrected chi connectivity index (χ3v) is 22.3. The molecule has 15 unspecified atom stereocenters. The van der Waals surface area contributed by atoms with Crippen LogP contribution in [0.1, 0.15) is 162 Å². The lowest BCUT2D eigenvalue weighted by molar-refractivity contribution is -0.284. The van der Waals surface area contributed by atoms with E-state index in [9.17, 15) is 93.9 Å². The van der Waals surface area contributed by atoms with Gasteiger partial charge in [0.2, 0.25) is 23.6 Å². The zero-order valence-corrected chi connectivity index (χ0v) is 75.9. The molecule has 44 heteroatoms. The number of aliphatic hydroxyl groups is 9. The van der Waals surface area contributed by atoms with E-state index in [4.69, 9.17) is 86.3 Å². The van der Waals surface area contributed by atoms with Crippen molar-refractivity contribution in [2.75, 3.05) is 211 Å². The van der Waals surface area contributed by atoms with Crippen LogP contribution in [-0.2, 0) is 133 Å². The number of Topliss-reactive ketones (excluding diaryl/α,β-unsaturated/α-hetero) is 1. The van der Waals surface area contributed by atoms with Gasteiger partial charge >= 0.3 is 5.97 Å². The highest BCUT2D eigenvalue weighted by Gasteiger charge is 2.46. The summed E-state index contributed by atoms with van der Waals surface area (Å²) in [6.45, 7) is 8.22. The van der Waals surface area contributed by atoms with Gasteiger partial charge in [0.05, 0.1) is 197 Å². The fraction of sp³-hybridized carbons (Fsp3) is 0.860. The smallest absolute Gasteiger partial charge is 0.335 e. The number of carbonyl (C=O) groups excluding carboxylic acids is 10. The Morgan fingerprint density at radius 1 is 0.415 bits per heavy atom. The van der Waals surface area contributed by atoms with Crippen LogP contribution in [0.3, 0.4) is 0 Å². The number of amides is 8. The van der Waals surface area contributed by atoms with Gasteiger partial charge < -0.3 is 158 Å². The molecule has 0 aromatic rings. The molecule has 5 heterocycles. The molecule has 15 N–H and O–H groups in total. The lowest BCUT2D eigenvalue weighted by atomic mass is 9.84. The Morgan fingerprint density at radius 2 is 0.754 bits per heavy atom. The van der Waals surface area contributed by atoms with Gasteiger partial charge in [0.25, 0.3) is 23.6 Å². The maximum absolute atomic E-state index is 14.1. The summed E-state index contributed by atoms with van der Waals surface area (Å²) in [5.41, 5.74) is 4.57. The molecule has 0 aromatic carbocycles. The van der Waals surface area contributed by atoms with E-state index < -0.39 is 152 Å². The molecule has 6 aliphatic rings. The van der Waals surface area contributed by atoms with E-state index in [1.807, 2.05) is 0 Å². The molecule has 6 rings (SSSR count). The van der Waals surface area contributed by atoms with Gasteiger partial charge in [-0.1, -0.05) is 65.7 Å². The molecule has 1 saturated carbocycles. The summed E-state index contributed by atoms with van der Waals surface area (Å²) in [6, 6.07) is 0. The van der Waals surface area contributed by atoms with E-state index in [1.54, 1.807) is 20.8 Å². The van der Waals surface area contributed by atoms with Crippen LogP contribution in [0.2, 0.25) is 0 Å². The average Bonchev–Trinajstić information content (AvgIpc) is 1.12. The maximum atomic E-state index is 14.1. The SMILES string of the molecule is CC1C(OCCOCCOCCNC(=O)CCOCC(COCCC(=O)NCCOCCOCCOC2OC(CO)C(O)C(O)C2C)(COCCC(=O)NCCOCCOCCOC2OC(CO)C(O)C(O)C2C)CC(=O)CCCCCCCCCCC(=O)NCCOC2(OCCN)CCCCC2)OC(CO)C(O)C1O.O=C(CCN1C(=O)C=CC1=O)ON1C(=O)CCC1=O. The number of rotatable bonds is 72. The lowest BCUT2D eigenvalue weighted by Crippen LogP contribution is -2.55. The van der Waals surface area contributed by atoms with Crippen LogP contribution < -0.4 is 27.0 Å². The van der Waals surface area contributed by atoms with Crippen LogP contribution in [-0.4, -0.2) is 406 Å². The van der Waals surface area contributed by atoms with Crippen molar-refractivity contribution < 1.29 is 179 Å². The van der Waals surface area contributed by atoms with Crippen LogP contribution in [0.15, 0.2) is 12.2 Å². The van der Waals surface area contributed by atoms with Crippen LogP contribution in [0, 0.1) is 23.2 Å². The highest BCUT2D eigenvalue weighted by atomic mass is 16.7. The fourth-order valence-electron chi connectivity index (χ4n) is 14.6. The number of hydroxylamine groups is 2. The van der Waals surface area contributed by atoms with Crippen molar-refractivity contribution in [2.45, 2.75) is 242 Å². The molecule has 15 atom stereocenters. The second kappa shape index (κ2) is 67.2. The summed E-state index contributed by atoms with van der Waals surface area (Å²) < 4.78 is 97.9. The molecule has 0 spiro atoms. The average molecular weight is 1870 g/mol. The number of aliphatic hydroxyl groups excluding tert-OH is 9. The van der Waals surface area contributed by atoms with Crippen molar-refractivity contribution in [1.29, 1.82) is 0 Å². The van der Waals surface area contributed by atoms with E-state index in [0.29, 0.717) is 44.2 Å². The molecule has 0 radical (unpaired) electrons. The Morgan fingerprint density at radius 3 is 1.13 bits per heavy atom.